The van der Waals surface area contributed by atoms with Gasteiger partial charge in [-0.05, 0) is 36.2 Å². The van der Waals surface area contributed by atoms with Crippen molar-refractivity contribution in [2.75, 3.05) is 4.72 Å². The van der Waals surface area contributed by atoms with Crippen molar-refractivity contribution in [2.45, 2.75) is 11.8 Å². The first-order valence-corrected chi connectivity index (χ1v) is 7.79. The fourth-order valence-electron chi connectivity index (χ4n) is 1.59. The first-order chi connectivity index (χ1) is 9.81. The van der Waals surface area contributed by atoms with Gasteiger partial charge < -0.3 is 0 Å². The lowest BCUT2D eigenvalue weighted by Crippen LogP contribution is -2.15. The van der Waals surface area contributed by atoms with E-state index < -0.39 is 10.0 Å². The Hall–Kier alpha value is -1.88. The molecule has 0 saturated carbocycles. The Morgan fingerprint density at radius 2 is 1.95 bits per heavy atom. The quantitative estimate of drug-likeness (QED) is 0.683. The van der Waals surface area contributed by atoms with Gasteiger partial charge in [0, 0.05) is 6.07 Å². The third-order valence-corrected chi connectivity index (χ3v) is 4.37. The Morgan fingerprint density at radius 3 is 2.57 bits per heavy atom. The van der Waals surface area contributed by atoms with E-state index >= 15 is 0 Å². The molecule has 1 heterocycles. The van der Waals surface area contributed by atoms with Crippen LogP contribution in [0.25, 0.3) is 0 Å². The smallest absolute Gasteiger partial charge is 0.263 e. The predicted octanol–water partition coefficient (Wildman–Crippen LogP) is 2.76. The van der Waals surface area contributed by atoms with Crippen molar-refractivity contribution >= 4 is 39.0 Å². The van der Waals surface area contributed by atoms with Crippen molar-refractivity contribution < 1.29 is 8.42 Å². The summed E-state index contributed by atoms with van der Waals surface area (Å²) in [4.78, 5) is 7.33. The minimum atomic E-state index is -3.92. The van der Waals surface area contributed by atoms with E-state index in [-0.39, 0.29) is 26.7 Å². The molecular weight excluding hydrogens is 335 g/mol. The molecule has 9 heteroatoms. The van der Waals surface area contributed by atoms with Gasteiger partial charge in [-0.1, -0.05) is 17.7 Å². The number of sulfonamides is 1. The molecule has 108 valence electrons. The fourth-order valence-corrected chi connectivity index (χ4v) is 3.27. The molecule has 0 aliphatic rings. The van der Waals surface area contributed by atoms with Crippen LogP contribution < -0.4 is 4.72 Å². The van der Waals surface area contributed by atoms with E-state index in [2.05, 4.69) is 14.7 Å². The van der Waals surface area contributed by atoms with Gasteiger partial charge >= 0.3 is 0 Å². The van der Waals surface area contributed by atoms with E-state index in [1.807, 2.05) is 6.07 Å². The highest BCUT2D eigenvalue weighted by Gasteiger charge is 2.19. The molecule has 0 unspecified atom stereocenters. The first-order valence-electron chi connectivity index (χ1n) is 5.55. The Morgan fingerprint density at radius 1 is 1.24 bits per heavy atom. The van der Waals surface area contributed by atoms with Gasteiger partial charge in [-0.2, -0.15) is 10.2 Å². The number of benzene rings is 1. The van der Waals surface area contributed by atoms with E-state index in [1.165, 1.54) is 18.2 Å². The zero-order valence-corrected chi connectivity index (χ0v) is 13.0. The van der Waals surface area contributed by atoms with Gasteiger partial charge in [0.1, 0.15) is 11.0 Å². The van der Waals surface area contributed by atoms with Crippen LogP contribution in [0, 0.1) is 18.3 Å². The topological polar surface area (TPSA) is 95.7 Å². The van der Waals surface area contributed by atoms with Gasteiger partial charge in [0.25, 0.3) is 10.0 Å². The minimum Gasteiger partial charge on any atom is -0.263 e. The van der Waals surface area contributed by atoms with E-state index in [0.29, 0.717) is 5.56 Å². The lowest BCUT2D eigenvalue weighted by atomic mass is 10.2. The zero-order chi connectivity index (χ0) is 15.6. The number of hydrogen-bond donors (Lipinski definition) is 1. The molecule has 0 saturated heterocycles. The molecule has 6 nitrogen and oxygen atoms in total. The number of nitrogens with zero attached hydrogens (tertiary/aromatic N) is 3. The molecule has 0 atom stereocenters. The zero-order valence-electron chi connectivity index (χ0n) is 10.6. The molecule has 0 bridgehead atoms. The molecule has 21 heavy (non-hydrogen) atoms. The van der Waals surface area contributed by atoms with Crippen molar-refractivity contribution in [3.05, 3.63) is 45.8 Å². The van der Waals surface area contributed by atoms with Crippen molar-refractivity contribution in [3.8, 4) is 6.07 Å². The maximum absolute atomic E-state index is 12.3. The van der Waals surface area contributed by atoms with Crippen LogP contribution in [0.15, 0.2) is 29.2 Å². The van der Waals surface area contributed by atoms with Crippen LogP contribution in [-0.2, 0) is 10.0 Å². The summed E-state index contributed by atoms with van der Waals surface area (Å²) in [6.45, 7) is 1.62. The van der Waals surface area contributed by atoms with Crippen LogP contribution in [0.4, 0.5) is 5.82 Å². The van der Waals surface area contributed by atoms with Crippen LogP contribution in [0.3, 0.4) is 0 Å². The predicted molar refractivity (Wildman–Crippen MR) is 78.8 cm³/mol. The average Bonchev–Trinajstić information content (AvgIpc) is 2.37. The third kappa shape index (κ3) is 3.61. The molecule has 1 aromatic carbocycles. The second-order valence-electron chi connectivity index (χ2n) is 4.04. The molecule has 0 spiro atoms. The second kappa shape index (κ2) is 5.85. The van der Waals surface area contributed by atoms with Crippen molar-refractivity contribution in [1.29, 1.82) is 5.26 Å². The highest BCUT2D eigenvalue weighted by molar-refractivity contribution is 7.92. The van der Waals surface area contributed by atoms with E-state index in [0.717, 1.165) is 0 Å². The summed E-state index contributed by atoms with van der Waals surface area (Å²) in [7, 11) is -3.92. The Balaban J connectivity index is 2.45. The summed E-state index contributed by atoms with van der Waals surface area (Å²) in [6, 6.07) is 7.48. The SMILES string of the molecule is Cc1ccc(C#N)cc1S(=O)(=O)Nc1cc(Cl)nc(Cl)n1. The monoisotopic (exact) mass is 342 g/mol. The summed E-state index contributed by atoms with van der Waals surface area (Å²) in [5.74, 6) is -0.0539. The Bertz CT molecular complexity index is 827. The summed E-state index contributed by atoms with van der Waals surface area (Å²) in [5.41, 5.74) is 0.729. The molecule has 0 aliphatic heterocycles. The first kappa shape index (κ1) is 15.5. The number of nitriles is 1. The maximum Gasteiger partial charge on any atom is 0.263 e. The normalized spacial score (nSPS) is 11.0. The number of anilines is 1. The average molecular weight is 343 g/mol. The number of halogens is 2. The van der Waals surface area contributed by atoms with E-state index in [4.69, 9.17) is 28.5 Å². The maximum atomic E-state index is 12.3. The Kier molecular flexibility index (Phi) is 4.32. The van der Waals surface area contributed by atoms with Crippen molar-refractivity contribution in [2.24, 2.45) is 0 Å². The van der Waals surface area contributed by atoms with Crippen molar-refractivity contribution in [3.63, 3.8) is 0 Å². The summed E-state index contributed by atoms with van der Waals surface area (Å²) < 4.78 is 26.9. The molecule has 1 aromatic heterocycles. The number of aromatic nitrogens is 2. The molecule has 2 rings (SSSR count). The summed E-state index contributed by atoms with van der Waals surface area (Å²) >= 11 is 11.3. The minimum absolute atomic E-state index is 0.00944. The molecule has 0 fully saturated rings. The van der Waals surface area contributed by atoms with Gasteiger partial charge in [-0.15, -0.1) is 0 Å². The highest BCUT2D eigenvalue weighted by atomic mass is 35.5. The van der Waals surface area contributed by atoms with Gasteiger partial charge in [0.05, 0.1) is 16.5 Å². The molecule has 0 radical (unpaired) electrons. The van der Waals surface area contributed by atoms with Crippen LogP contribution in [0.1, 0.15) is 11.1 Å². The largest absolute Gasteiger partial charge is 0.263 e. The standard InChI is InChI=1S/C12H8Cl2N4O2S/c1-7-2-3-8(6-15)4-9(7)21(19,20)18-11-5-10(13)16-12(14)17-11/h2-5H,1H3,(H,16,17,18). The lowest BCUT2D eigenvalue weighted by molar-refractivity contribution is 0.600. The van der Waals surface area contributed by atoms with Gasteiger partial charge in [0.2, 0.25) is 5.28 Å². The number of aryl methyl sites for hydroxylation is 1. The molecule has 0 aliphatic carbocycles. The van der Waals surface area contributed by atoms with Crippen LogP contribution in [-0.4, -0.2) is 18.4 Å². The van der Waals surface area contributed by atoms with Gasteiger partial charge in [-0.3, -0.25) is 4.72 Å². The van der Waals surface area contributed by atoms with Crippen LogP contribution in [0.5, 0.6) is 0 Å². The molecule has 1 N–H and O–H groups in total. The second-order valence-corrected chi connectivity index (χ2v) is 6.42. The Labute approximate surface area is 131 Å². The lowest BCUT2D eigenvalue weighted by Gasteiger charge is -2.10. The number of rotatable bonds is 3. The van der Waals surface area contributed by atoms with E-state index in [9.17, 15) is 8.42 Å². The molecular formula is C12H8Cl2N4O2S. The van der Waals surface area contributed by atoms with Crippen molar-refractivity contribution in [1.82, 2.24) is 9.97 Å². The third-order valence-electron chi connectivity index (χ3n) is 2.51. The van der Waals surface area contributed by atoms with Gasteiger partial charge in [-0.25, -0.2) is 13.4 Å². The number of hydrogen-bond acceptors (Lipinski definition) is 5. The number of nitrogens with one attached hydrogen (secondary N) is 1. The van der Waals surface area contributed by atoms with Gasteiger partial charge in [0.15, 0.2) is 0 Å². The molecule has 0 amide bonds. The highest BCUT2D eigenvalue weighted by Crippen LogP contribution is 2.21. The fraction of sp³-hybridized carbons (Fsp3) is 0.0833. The van der Waals surface area contributed by atoms with E-state index in [1.54, 1.807) is 13.0 Å². The van der Waals surface area contributed by atoms with Crippen LogP contribution >= 0.6 is 23.2 Å². The summed E-state index contributed by atoms with van der Waals surface area (Å²) in [5, 5.41) is 8.69. The summed E-state index contributed by atoms with van der Waals surface area (Å²) in [6.07, 6.45) is 0. The molecule has 2 aromatic rings. The van der Waals surface area contributed by atoms with Crippen LogP contribution in [0.2, 0.25) is 10.4 Å².